The number of aryl methyl sites for hydroxylation is 3. The maximum Gasteiger partial charge on any atom is 0.289 e. The minimum Gasteiger partial charge on any atom is -0.435 e. The number of amides is 2. The van der Waals surface area contributed by atoms with Crippen LogP contribution in [-0.4, -0.2) is 40.8 Å². The zero-order valence-electron chi connectivity index (χ0n) is 15.3. The van der Waals surface area contributed by atoms with E-state index in [2.05, 4.69) is 22.4 Å². The van der Waals surface area contributed by atoms with Gasteiger partial charge in [-0.25, -0.2) is 4.98 Å². The Morgan fingerprint density at radius 3 is 2.81 bits per heavy atom. The molecule has 1 N–H and O–H groups in total. The number of hydrogen-bond donors (Lipinski definition) is 1. The SMILES string of the molecule is CCc1nc(C)c(C(=O)N[C@H]2CC(=O)N(CCCc3ccccc3)C2)o1. The maximum atomic E-state index is 12.4. The van der Waals surface area contributed by atoms with E-state index in [4.69, 9.17) is 4.42 Å². The summed E-state index contributed by atoms with van der Waals surface area (Å²) in [4.78, 5) is 30.6. The number of carbonyl (C=O) groups excluding carboxylic acids is 2. The third-order valence-corrected chi connectivity index (χ3v) is 4.64. The summed E-state index contributed by atoms with van der Waals surface area (Å²) in [5.41, 5.74) is 1.86. The number of aromatic nitrogens is 1. The van der Waals surface area contributed by atoms with Crippen LogP contribution in [-0.2, 0) is 17.6 Å². The normalized spacial score (nSPS) is 16.9. The van der Waals surface area contributed by atoms with Gasteiger partial charge in [-0.1, -0.05) is 37.3 Å². The number of oxazole rings is 1. The molecule has 0 unspecified atom stereocenters. The number of carbonyl (C=O) groups is 2. The highest BCUT2D eigenvalue weighted by atomic mass is 16.4. The van der Waals surface area contributed by atoms with Crippen LogP contribution in [0, 0.1) is 6.92 Å². The summed E-state index contributed by atoms with van der Waals surface area (Å²) in [6.07, 6.45) is 2.84. The van der Waals surface area contributed by atoms with Gasteiger partial charge in [0.1, 0.15) is 0 Å². The molecule has 138 valence electrons. The van der Waals surface area contributed by atoms with Crippen molar-refractivity contribution in [1.82, 2.24) is 15.2 Å². The van der Waals surface area contributed by atoms with E-state index in [9.17, 15) is 9.59 Å². The fourth-order valence-corrected chi connectivity index (χ4v) is 3.27. The molecule has 1 saturated heterocycles. The van der Waals surface area contributed by atoms with Crippen LogP contribution < -0.4 is 5.32 Å². The first-order valence-electron chi connectivity index (χ1n) is 9.15. The lowest BCUT2D eigenvalue weighted by atomic mass is 10.1. The minimum atomic E-state index is -0.293. The average molecular weight is 355 g/mol. The second-order valence-electron chi connectivity index (χ2n) is 6.68. The Hall–Kier alpha value is -2.63. The number of hydrogen-bond acceptors (Lipinski definition) is 4. The zero-order valence-corrected chi connectivity index (χ0v) is 15.3. The first-order chi connectivity index (χ1) is 12.6. The quantitative estimate of drug-likeness (QED) is 0.828. The second kappa shape index (κ2) is 8.17. The fraction of sp³-hybridized carbons (Fsp3) is 0.450. The van der Waals surface area contributed by atoms with Crippen LogP contribution >= 0.6 is 0 Å². The molecule has 1 atom stereocenters. The molecule has 0 saturated carbocycles. The average Bonchev–Trinajstić information content (AvgIpc) is 3.18. The molecule has 0 aliphatic carbocycles. The van der Waals surface area contributed by atoms with Gasteiger partial charge < -0.3 is 14.6 Å². The molecule has 1 fully saturated rings. The molecule has 2 aromatic rings. The molecule has 1 aromatic heterocycles. The molecule has 3 rings (SSSR count). The predicted octanol–water partition coefficient (Wildman–Crippen LogP) is 2.51. The third-order valence-electron chi connectivity index (χ3n) is 4.64. The molecule has 26 heavy (non-hydrogen) atoms. The Labute approximate surface area is 153 Å². The van der Waals surface area contributed by atoms with Crippen molar-refractivity contribution in [3.63, 3.8) is 0 Å². The van der Waals surface area contributed by atoms with Crippen LogP contribution in [0.4, 0.5) is 0 Å². The highest BCUT2D eigenvalue weighted by molar-refractivity contribution is 5.93. The van der Waals surface area contributed by atoms with Crippen LogP contribution in [0.3, 0.4) is 0 Å². The second-order valence-corrected chi connectivity index (χ2v) is 6.68. The molecular formula is C20H25N3O3. The highest BCUT2D eigenvalue weighted by Crippen LogP contribution is 2.15. The molecule has 1 aliphatic rings. The Morgan fingerprint density at radius 1 is 1.35 bits per heavy atom. The maximum absolute atomic E-state index is 12.4. The van der Waals surface area contributed by atoms with Crippen LogP contribution in [0.15, 0.2) is 34.7 Å². The lowest BCUT2D eigenvalue weighted by Crippen LogP contribution is -2.37. The monoisotopic (exact) mass is 355 g/mol. The Kier molecular flexibility index (Phi) is 5.71. The van der Waals surface area contributed by atoms with Crippen molar-refractivity contribution in [3.8, 4) is 0 Å². The molecule has 6 nitrogen and oxygen atoms in total. The predicted molar refractivity (Wildman–Crippen MR) is 97.8 cm³/mol. The number of rotatable bonds is 7. The van der Waals surface area contributed by atoms with Gasteiger partial charge in [0, 0.05) is 25.9 Å². The largest absolute Gasteiger partial charge is 0.435 e. The van der Waals surface area contributed by atoms with Gasteiger partial charge in [-0.15, -0.1) is 0 Å². The van der Waals surface area contributed by atoms with E-state index >= 15 is 0 Å². The van der Waals surface area contributed by atoms with Gasteiger partial charge in [0.15, 0.2) is 5.89 Å². The van der Waals surface area contributed by atoms with Crippen molar-refractivity contribution >= 4 is 11.8 Å². The zero-order chi connectivity index (χ0) is 18.5. The number of benzene rings is 1. The summed E-state index contributed by atoms with van der Waals surface area (Å²) in [6.45, 7) is 4.94. The summed E-state index contributed by atoms with van der Waals surface area (Å²) >= 11 is 0. The summed E-state index contributed by atoms with van der Waals surface area (Å²) in [5.74, 6) is 0.597. The smallest absolute Gasteiger partial charge is 0.289 e. The Balaban J connectivity index is 1.49. The van der Waals surface area contributed by atoms with E-state index in [1.54, 1.807) is 6.92 Å². The van der Waals surface area contributed by atoms with Gasteiger partial charge in [-0.2, -0.15) is 0 Å². The van der Waals surface area contributed by atoms with E-state index in [0.29, 0.717) is 37.5 Å². The van der Waals surface area contributed by atoms with Crippen molar-refractivity contribution in [3.05, 3.63) is 53.2 Å². The Bertz CT molecular complexity index is 770. The summed E-state index contributed by atoms with van der Waals surface area (Å²) in [5, 5.41) is 2.91. The molecule has 1 aliphatic heterocycles. The lowest BCUT2D eigenvalue weighted by Gasteiger charge is -2.17. The van der Waals surface area contributed by atoms with Crippen LogP contribution in [0.5, 0.6) is 0 Å². The van der Waals surface area contributed by atoms with Crippen molar-refractivity contribution < 1.29 is 14.0 Å². The standard InChI is InChI=1S/C20H25N3O3/c1-3-17-21-14(2)19(26-17)20(25)22-16-12-18(24)23(13-16)11-7-10-15-8-5-4-6-9-15/h4-6,8-9,16H,3,7,10-13H2,1-2H3,(H,22,25)/t16-/m0/s1. The van der Waals surface area contributed by atoms with Crippen molar-refractivity contribution in [2.45, 2.75) is 45.6 Å². The first-order valence-corrected chi connectivity index (χ1v) is 9.15. The lowest BCUT2D eigenvalue weighted by molar-refractivity contribution is -0.127. The van der Waals surface area contributed by atoms with Gasteiger partial charge in [-0.05, 0) is 25.3 Å². The minimum absolute atomic E-state index is 0.0897. The third kappa shape index (κ3) is 4.31. The molecule has 0 spiro atoms. The van der Waals surface area contributed by atoms with Crippen LogP contribution in [0.2, 0.25) is 0 Å². The molecule has 2 amide bonds. The van der Waals surface area contributed by atoms with E-state index in [0.717, 1.165) is 12.8 Å². The van der Waals surface area contributed by atoms with Gasteiger partial charge in [-0.3, -0.25) is 9.59 Å². The number of nitrogens with one attached hydrogen (secondary N) is 1. The highest BCUT2D eigenvalue weighted by Gasteiger charge is 2.31. The van der Waals surface area contributed by atoms with Gasteiger partial charge in [0.25, 0.3) is 5.91 Å². The van der Waals surface area contributed by atoms with Crippen molar-refractivity contribution in [1.29, 1.82) is 0 Å². The number of nitrogens with zero attached hydrogens (tertiary/aromatic N) is 2. The molecule has 1 aromatic carbocycles. The molecular weight excluding hydrogens is 330 g/mol. The molecule has 0 bridgehead atoms. The fourth-order valence-electron chi connectivity index (χ4n) is 3.27. The van der Waals surface area contributed by atoms with Gasteiger partial charge in [0.05, 0.1) is 11.7 Å². The summed E-state index contributed by atoms with van der Waals surface area (Å²) in [6, 6.07) is 10.1. The van der Waals surface area contributed by atoms with E-state index in [1.807, 2.05) is 30.0 Å². The first kappa shape index (κ1) is 18.2. The number of likely N-dealkylation sites (tertiary alicyclic amines) is 1. The summed E-state index contributed by atoms with van der Waals surface area (Å²) < 4.78 is 5.48. The molecule has 0 radical (unpaired) electrons. The Morgan fingerprint density at radius 2 is 2.12 bits per heavy atom. The van der Waals surface area contributed by atoms with Crippen molar-refractivity contribution in [2.24, 2.45) is 0 Å². The van der Waals surface area contributed by atoms with E-state index in [-0.39, 0.29) is 23.6 Å². The molecule has 2 heterocycles. The van der Waals surface area contributed by atoms with Gasteiger partial charge >= 0.3 is 0 Å². The van der Waals surface area contributed by atoms with Gasteiger partial charge in [0.2, 0.25) is 11.7 Å². The van der Waals surface area contributed by atoms with E-state index < -0.39 is 0 Å². The van der Waals surface area contributed by atoms with Crippen LogP contribution in [0.1, 0.15) is 47.5 Å². The molecule has 6 heteroatoms. The van der Waals surface area contributed by atoms with E-state index in [1.165, 1.54) is 5.56 Å². The van der Waals surface area contributed by atoms with Crippen LogP contribution in [0.25, 0.3) is 0 Å². The summed E-state index contributed by atoms with van der Waals surface area (Å²) in [7, 11) is 0. The van der Waals surface area contributed by atoms with Crippen molar-refractivity contribution in [2.75, 3.05) is 13.1 Å². The topological polar surface area (TPSA) is 75.4 Å².